The molecule has 4 nitrogen and oxygen atoms in total. The summed E-state index contributed by atoms with van der Waals surface area (Å²) < 4.78 is 0. The second-order valence-electron chi connectivity index (χ2n) is 5.09. The predicted molar refractivity (Wildman–Crippen MR) is 74.8 cm³/mol. The summed E-state index contributed by atoms with van der Waals surface area (Å²) in [6, 6.07) is 10.2. The summed E-state index contributed by atoms with van der Waals surface area (Å²) in [5, 5.41) is 12.0. The van der Waals surface area contributed by atoms with Gasteiger partial charge in [-0.1, -0.05) is 18.2 Å². The lowest BCUT2D eigenvalue weighted by Crippen LogP contribution is -2.35. The van der Waals surface area contributed by atoms with Gasteiger partial charge in [0.15, 0.2) is 0 Å². The number of carbonyl (C=O) groups is 1. The molecule has 4 heteroatoms. The lowest BCUT2D eigenvalue weighted by Gasteiger charge is -2.24. The number of anilines is 1. The third kappa shape index (κ3) is 2.87. The summed E-state index contributed by atoms with van der Waals surface area (Å²) in [7, 11) is 1.78. The van der Waals surface area contributed by atoms with E-state index in [4.69, 9.17) is 5.26 Å². The van der Waals surface area contributed by atoms with Crippen LogP contribution < -0.4 is 5.32 Å². The van der Waals surface area contributed by atoms with Crippen molar-refractivity contribution in [2.24, 2.45) is 0 Å². The molecule has 0 aromatic heterocycles. The Labute approximate surface area is 114 Å². The molecule has 1 N–H and O–H groups in total. The van der Waals surface area contributed by atoms with E-state index in [-0.39, 0.29) is 17.9 Å². The molecule has 0 radical (unpaired) electrons. The molecule has 1 amide bonds. The molecule has 0 bridgehead atoms. The number of amides is 1. The monoisotopic (exact) mass is 257 g/mol. The molecule has 1 aromatic rings. The van der Waals surface area contributed by atoms with Gasteiger partial charge in [-0.15, -0.1) is 0 Å². The first-order valence-electron chi connectivity index (χ1n) is 6.59. The Balaban J connectivity index is 1.99. The topological polar surface area (TPSA) is 56.1 Å². The second kappa shape index (κ2) is 5.75. The Kier molecular flexibility index (Phi) is 4.06. The highest BCUT2D eigenvalue weighted by molar-refractivity contribution is 5.78. The van der Waals surface area contributed by atoms with E-state index < -0.39 is 0 Å². The van der Waals surface area contributed by atoms with Crippen molar-refractivity contribution in [3.8, 4) is 6.07 Å². The molecule has 100 valence electrons. The molecule has 1 aromatic carbocycles. The molecule has 0 fully saturated rings. The summed E-state index contributed by atoms with van der Waals surface area (Å²) >= 11 is 0. The molecule has 0 saturated carbocycles. The van der Waals surface area contributed by atoms with E-state index in [2.05, 4.69) is 17.5 Å². The van der Waals surface area contributed by atoms with Crippen molar-refractivity contribution < 1.29 is 4.79 Å². The van der Waals surface area contributed by atoms with Gasteiger partial charge < -0.3 is 10.2 Å². The maximum Gasteiger partial charge on any atom is 0.223 e. The highest BCUT2D eigenvalue weighted by atomic mass is 16.2. The van der Waals surface area contributed by atoms with Gasteiger partial charge in [0.25, 0.3) is 0 Å². The Morgan fingerprint density at radius 1 is 1.58 bits per heavy atom. The number of nitrogens with zero attached hydrogens (tertiary/aromatic N) is 2. The third-order valence-corrected chi connectivity index (χ3v) is 3.80. The molecule has 2 unspecified atom stereocenters. The van der Waals surface area contributed by atoms with Gasteiger partial charge in [0, 0.05) is 37.7 Å². The Morgan fingerprint density at radius 3 is 3.05 bits per heavy atom. The van der Waals surface area contributed by atoms with Crippen LogP contribution in [0, 0.1) is 11.3 Å². The van der Waals surface area contributed by atoms with Crippen LogP contribution in [0.5, 0.6) is 0 Å². The van der Waals surface area contributed by atoms with Crippen molar-refractivity contribution in [3.05, 3.63) is 29.8 Å². The van der Waals surface area contributed by atoms with Crippen molar-refractivity contribution in [2.75, 3.05) is 18.9 Å². The van der Waals surface area contributed by atoms with E-state index in [0.717, 1.165) is 12.2 Å². The van der Waals surface area contributed by atoms with E-state index in [1.807, 2.05) is 25.1 Å². The van der Waals surface area contributed by atoms with E-state index in [9.17, 15) is 4.79 Å². The average Bonchev–Trinajstić information content (AvgIpc) is 2.81. The zero-order valence-corrected chi connectivity index (χ0v) is 11.4. The van der Waals surface area contributed by atoms with Crippen molar-refractivity contribution in [2.45, 2.75) is 31.7 Å². The molecule has 0 saturated heterocycles. The molecular formula is C15H19N3O. The zero-order valence-electron chi connectivity index (χ0n) is 11.4. The van der Waals surface area contributed by atoms with Gasteiger partial charge in [-0.05, 0) is 18.6 Å². The summed E-state index contributed by atoms with van der Waals surface area (Å²) in [6.07, 6.45) is 0.873. The number of carbonyl (C=O) groups excluding carboxylic acids is 1. The van der Waals surface area contributed by atoms with Crippen molar-refractivity contribution in [1.29, 1.82) is 5.26 Å². The molecule has 2 atom stereocenters. The number of fused-ring (bicyclic) bond motifs is 1. The summed E-state index contributed by atoms with van der Waals surface area (Å²) in [4.78, 5) is 13.9. The third-order valence-electron chi connectivity index (χ3n) is 3.80. The van der Waals surface area contributed by atoms with Gasteiger partial charge in [0.05, 0.1) is 12.5 Å². The van der Waals surface area contributed by atoms with E-state index >= 15 is 0 Å². The molecule has 0 aliphatic carbocycles. The van der Waals surface area contributed by atoms with E-state index in [0.29, 0.717) is 12.8 Å². The molecule has 2 rings (SSSR count). The van der Waals surface area contributed by atoms with Gasteiger partial charge in [0.1, 0.15) is 0 Å². The Bertz CT molecular complexity index is 506. The van der Waals surface area contributed by atoms with E-state index in [1.165, 1.54) is 5.56 Å². The highest BCUT2D eigenvalue weighted by Crippen LogP contribution is 2.33. The van der Waals surface area contributed by atoms with Crippen LogP contribution >= 0.6 is 0 Å². The fourth-order valence-electron chi connectivity index (χ4n) is 2.41. The quantitative estimate of drug-likeness (QED) is 0.900. The minimum Gasteiger partial charge on any atom is -0.384 e. The van der Waals surface area contributed by atoms with Crippen LogP contribution in [0.25, 0.3) is 0 Å². The van der Waals surface area contributed by atoms with Crippen LogP contribution in [0.15, 0.2) is 24.3 Å². The van der Waals surface area contributed by atoms with Crippen LogP contribution in [0.2, 0.25) is 0 Å². The van der Waals surface area contributed by atoms with Gasteiger partial charge >= 0.3 is 0 Å². The lowest BCUT2D eigenvalue weighted by atomic mass is 9.97. The molecular weight excluding hydrogens is 238 g/mol. The predicted octanol–water partition coefficient (Wildman–Crippen LogP) is 2.35. The van der Waals surface area contributed by atoms with Gasteiger partial charge in [-0.25, -0.2) is 0 Å². The summed E-state index contributed by atoms with van der Waals surface area (Å²) in [5.41, 5.74) is 2.35. The fourth-order valence-corrected chi connectivity index (χ4v) is 2.41. The highest BCUT2D eigenvalue weighted by Gasteiger charge is 2.26. The first-order valence-corrected chi connectivity index (χ1v) is 6.59. The number of para-hydroxylation sites is 1. The van der Waals surface area contributed by atoms with Crippen molar-refractivity contribution in [1.82, 2.24) is 4.90 Å². The molecule has 0 spiro atoms. The minimum absolute atomic E-state index is 0.0258. The number of rotatable bonds is 4. The summed E-state index contributed by atoms with van der Waals surface area (Å²) in [5.74, 6) is 0.340. The van der Waals surface area contributed by atoms with E-state index in [1.54, 1.807) is 11.9 Å². The largest absolute Gasteiger partial charge is 0.384 e. The van der Waals surface area contributed by atoms with Crippen LogP contribution in [-0.2, 0) is 4.79 Å². The second-order valence-corrected chi connectivity index (χ2v) is 5.09. The zero-order chi connectivity index (χ0) is 13.8. The Morgan fingerprint density at radius 2 is 2.32 bits per heavy atom. The van der Waals surface area contributed by atoms with Gasteiger partial charge in [-0.2, -0.15) is 5.26 Å². The first kappa shape index (κ1) is 13.4. The van der Waals surface area contributed by atoms with Gasteiger partial charge in [0.2, 0.25) is 5.91 Å². The van der Waals surface area contributed by atoms with Crippen LogP contribution in [0.1, 0.15) is 31.2 Å². The van der Waals surface area contributed by atoms with Crippen LogP contribution in [0.4, 0.5) is 5.69 Å². The molecule has 1 heterocycles. The average molecular weight is 257 g/mol. The molecule has 1 aliphatic heterocycles. The number of hydrogen-bond acceptors (Lipinski definition) is 3. The number of nitrogens with one attached hydrogen (secondary N) is 1. The normalized spacial score (nSPS) is 18.1. The molecule has 19 heavy (non-hydrogen) atoms. The van der Waals surface area contributed by atoms with Crippen molar-refractivity contribution >= 4 is 11.6 Å². The van der Waals surface area contributed by atoms with Crippen LogP contribution in [-0.4, -0.2) is 30.4 Å². The van der Waals surface area contributed by atoms with Crippen molar-refractivity contribution in [3.63, 3.8) is 0 Å². The minimum atomic E-state index is -0.0258. The van der Waals surface area contributed by atoms with Gasteiger partial charge in [-0.3, -0.25) is 4.79 Å². The summed E-state index contributed by atoms with van der Waals surface area (Å²) in [6.45, 7) is 2.72. The number of nitriles is 1. The maximum absolute atomic E-state index is 12.2. The number of benzene rings is 1. The lowest BCUT2D eigenvalue weighted by molar-refractivity contribution is -0.131. The standard InChI is InChI=1S/C15H19N3O/c1-11(7-8-16)18(2)15(19)9-12-10-17-14-6-4-3-5-13(12)14/h3-6,11-12,17H,7,9-10H2,1-2H3. The Hall–Kier alpha value is -2.02. The SMILES string of the molecule is CC(CC#N)N(C)C(=O)CC1CNc2ccccc21. The first-order chi connectivity index (χ1) is 9.13. The fraction of sp³-hybridized carbons (Fsp3) is 0.467. The number of hydrogen-bond donors (Lipinski definition) is 1. The maximum atomic E-state index is 12.2. The molecule has 1 aliphatic rings. The smallest absolute Gasteiger partial charge is 0.223 e. The van der Waals surface area contributed by atoms with Crippen LogP contribution in [0.3, 0.4) is 0 Å².